The van der Waals surface area contributed by atoms with Crippen LogP contribution in [0.25, 0.3) is 22.1 Å². The van der Waals surface area contributed by atoms with E-state index in [0.29, 0.717) is 24.7 Å². The number of H-pyrrole nitrogens is 2. The maximum atomic E-state index is 13.8. The zero-order valence-electron chi connectivity index (χ0n) is 31.3. The number of benzene rings is 2. The number of alkyl carbamates (subject to hydrolysis) is 2. The molecule has 4 aromatic rings. The molecule has 0 radical (unpaired) electrons. The van der Waals surface area contributed by atoms with Gasteiger partial charge in [0.1, 0.15) is 23.7 Å². The molecule has 4 N–H and O–H groups in total. The first kappa shape index (κ1) is 37.2. The fourth-order valence-corrected chi connectivity index (χ4v) is 7.17. The number of methoxy groups -OCH3 is 2. The molecule has 4 heterocycles. The van der Waals surface area contributed by atoms with Gasteiger partial charge in [-0.3, -0.25) is 9.59 Å². The van der Waals surface area contributed by atoms with E-state index in [1.807, 2.05) is 71.0 Å². The molecule has 0 spiro atoms. The summed E-state index contributed by atoms with van der Waals surface area (Å²) >= 11 is 0. The van der Waals surface area contributed by atoms with E-state index in [1.165, 1.54) is 14.2 Å². The molecular formula is C39H48N8O6. The summed E-state index contributed by atoms with van der Waals surface area (Å²) in [6.07, 6.45) is 1.90. The van der Waals surface area contributed by atoms with E-state index in [9.17, 15) is 19.2 Å². The summed E-state index contributed by atoms with van der Waals surface area (Å²) in [4.78, 5) is 71.5. The molecule has 4 atom stereocenters. The number of nitrogens with one attached hydrogen (secondary N) is 4. The number of ether oxygens (including phenoxy) is 2. The predicted octanol–water partition coefficient (Wildman–Crippen LogP) is 5.32. The van der Waals surface area contributed by atoms with E-state index in [4.69, 9.17) is 19.4 Å². The Morgan fingerprint density at radius 1 is 0.774 bits per heavy atom. The Labute approximate surface area is 308 Å². The Morgan fingerprint density at radius 2 is 1.25 bits per heavy atom. The van der Waals surface area contributed by atoms with Gasteiger partial charge in [-0.1, -0.05) is 46.5 Å². The molecule has 53 heavy (non-hydrogen) atoms. The van der Waals surface area contributed by atoms with Crippen molar-refractivity contribution in [2.24, 2.45) is 11.3 Å². The molecule has 0 aliphatic carbocycles. The number of rotatable bonds is 7. The van der Waals surface area contributed by atoms with Gasteiger partial charge < -0.3 is 39.9 Å². The molecule has 2 aromatic heterocycles. The van der Waals surface area contributed by atoms with Crippen LogP contribution in [0.2, 0.25) is 0 Å². The maximum absolute atomic E-state index is 13.8. The second kappa shape index (κ2) is 15.2. The molecule has 6 rings (SSSR count). The Morgan fingerprint density at radius 3 is 1.70 bits per heavy atom. The lowest BCUT2D eigenvalue weighted by Crippen LogP contribution is -2.54. The number of likely N-dealkylation sites (tertiary alicyclic amines) is 2. The van der Waals surface area contributed by atoms with Crippen LogP contribution in [0, 0.1) is 23.2 Å². The lowest BCUT2D eigenvalue weighted by atomic mass is 9.85. The highest BCUT2D eigenvalue weighted by atomic mass is 16.5. The molecule has 0 bridgehead atoms. The van der Waals surface area contributed by atoms with Gasteiger partial charge in [0, 0.05) is 24.2 Å². The van der Waals surface area contributed by atoms with Gasteiger partial charge in [0.05, 0.1) is 48.4 Å². The molecule has 2 aromatic carbocycles. The van der Waals surface area contributed by atoms with Gasteiger partial charge in [0.2, 0.25) is 11.8 Å². The summed E-state index contributed by atoms with van der Waals surface area (Å²) in [5.41, 5.74) is 4.23. The van der Waals surface area contributed by atoms with Crippen molar-refractivity contribution in [1.82, 2.24) is 40.4 Å². The molecule has 4 amide bonds. The highest BCUT2D eigenvalue weighted by Crippen LogP contribution is 2.35. The van der Waals surface area contributed by atoms with Gasteiger partial charge in [-0.2, -0.15) is 0 Å². The smallest absolute Gasteiger partial charge is 0.407 e. The number of imidazole rings is 2. The van der Waals surface area contributed by atoms with E-state index in [-0.39, 0.29) is 29.8 Å². The minimum Gasteiger partial charge on any atom is -0.453 e. The molecule has 280 valence electrons. The Balaban J connectivity index is 1.18. The zero-order valence-corrected chi connectivity index (χ0v) is 31.3. The second-order valence-corrected chi connectivity index (χ2v) is 15.1. The summed E-state index contributed by atoms with van der Waals surface area (Å²) in [5.74, 6) is 7.46. The lowest BCUT2D eigenvalue weighted by Gasteiger charge is -2.34. The Hall–Kier alpha value is -5.58. The topological polar surface area (TPSA) is 175 Å². The average Bonchev–Trinajstić information content (AvgIpc) is 3.95. The molecule has 0 saturated carbocycles. The van der Waals surface area contributed by atoms with Crippen LogP contribution < -0.4 is 10.6 Å². The van der Waals surface area contributed by atoms with Gasteiger partial charge in [0.25, 0.3) is 0 Å². The summed E-state index contributed by atoms with van der Waals surface area (Å²) < 4.78 is 9.54. The van der Waals surface area contributed by atoms with Gasteiger partial charge in [-0.15, -0.1) is 0 Å². The number of aromatic nitrogens is 4. The van der Waals surface area contributed by atoms with Crippen LogP contribution >= 0.6 is 0 Å². The third-order valence-electron chi connectivity index (χ3n) is 10.0. The fraction of sp³-hybridized carbons (Fsp3) is 0.487. The van der Waals surface area contributed by atoms with Gasteiger partial charge in [0.15, 0.2) is 0 Å². The third kappa shape index (κ3) is 7.94. The van der Waals surface area contributed by atoms with Crippen molar-refractivity contribution in [3.8, 4) is 11.8 Å². The predicted molar refractivity (Wildman–Crippen MR) is 198 cm³/mol. The number of nitrogens with zero attached hydrogens (tertiary/aromatic N) is 4. The first-order valence-corrected chi connectivity index (χ1v) is 18.1. The molecule has 0 unspecified atom stereocenters. The van der Waals surface area contributed by atoms with Crippen LogP contribution in [0.4, 0.5) is 9.59 Å². The monoisotopic (exact) mass is 724 g/mol. The normalized spacial score (nSPS) is 18.5. The summed E-state index contributed by atoms with van der Waals surface area (Å²) in [6, 6.07) is 9.66. The average molecular weight is 725 g/mol. The Kier molecular flexibility index (Phi) is 10.7. The molecule has 14 heteroatoms. The number of carbonyl (C=O) groups excluding carboxylic acids is 4. The minimum atomic E-state index is -0.755. The molecule has 2 saturated heterocycles. The standard InChI is InChI=1S/C39H48N8O6/c1-22(2)31(44-37(50)52-6)35(48)46-18-8-10-29(46)33-40-25-16-14-23(20-27(25)42-33)12-13-24-15-17-26-28(21-24)43-34(41-26)30-11-9-19-47(30)36(49)32(39(3,4)5)45-38(51)53-7/h14-17,20-22,29-32H,8-11,18-19H2,1-7H3,(H,40,42)(H,41,43)(H,44,50)(H,45,51)/t29-,30-,31-,32+/m0/s1. The van der Waals surface area contributed by atoms with Crippen LogP contribution in [0.15, 0.2) is 36.4 Å². The van der Waals surface area contributed by atoms with Gasteiger partial charge in [-0.05, 0) is 73.4 Å². The van der Waals surface area contributed by atoms with Crippen molar-refractivity contribution < 1.29 is 28.7 Å². The van der Waals surface area contributed by atoms with Crippen molar-refractivity contribution >= 4 is 46.1 Å². The summed E-state index contributed by atoms with van der Waals surface area (Å²) in [5, 5.41) is 5.41. The highest BCUT2D eigenvalue weighted by molar-refractivity contribution is 5.88. The SMILES string of the molecule is COC(=O)N[C@H](C(=O)N1CCC[C@H]1c1nc2cc(C#Cc3ccc4[nH]c([C@@H]5CCCN5C(=O)[C@@H](NC(=O)OC)C(C)(C)C)nc4c3)ccc2[nH]1)C(C)C. The van der Waals surface area contributed by atoms with Gasteiger partial charge in [-0.25, -0.2) is 19.6 Å². The van der Waals surface area contributed by atoms with Crippen LogP contribution in [-0.2, 0) is 19.1 Å². The van der Waals surface area contributed by atoms with Crippen molar-refractivity contribution in [3.05, 3.63) is 59.2 Å². The highest BCUT2D eigenvalue weighted by Gasteiger charge is 2.41. The maximum Gasteiger partial charge on any atom is 0.407 e. The van der Waals surface area contributed by atoms with E-state index in [1.54, 1.807) is 9.80 Å². The number of hydrogen-bond acceptors (Lipinski definition) is 8. The minimum absolute atomic E-state index is 0.117. The zero-order chi connectivity index (χ0) is 38.0. The van der Waals surface area contributed by atoms with Crippen LogP contribution in [0.3, 0.4) is 0 Å². The first-order valence-electron chi connectivity index (χ1n) is 18.1. The first-order chi connectivity index (χ1) is 25.3. The molecule has 2 aliphatic rings. The Bertz CT molecular complexity index is 2090. The van der Waals surface area contributed by atoms with Crippen LogP contribution in [-0.4, -0.2) is 93.1 Å². The van der Waals surface area contributed by atoms with Crippen LogP contribution in [0.5, 0.6) is 0 Å². The van der Waals surface area contributed by atoms with Crippen molar-refractivity contribution in [1.29, 1.82) is 0 Å². The second-order valence-electron chi connectivity index (χ2n) is 15.1. The lowest BCUT2D eigenvalue weighted by molar-refractivity contribution is -0.137. The number of carbonyl (C=O) groups is 4. The van der Waals surface area contributed by atoms with E-state index >= 15 is 0 Å². The quantitative estimate of drug-likeness (QED) is 0.185. The molecule has 14 nitrogen and oxygen atoms in total. The molecular weight excluding hydrogens is 676 g/mol. The van der Waals surface area contributed by atoms with Gasteiger partial charge >= 0.3 is 12.2 Å². The van der Waals surface area contributed by atoms with Crippen LogP contribution in [0.1, 0.15) is 95.2 Å². The third-order valence-corrected chi connectivity index (χ3v) is 10.0. The summed E-state index contributed by atoms with van der Waals surface area (Å²) in [6.45, 7) is 10.7. The molecule has 2 fully saturated rings. The van der Waals surface area contributed by atoms with E-state index in [2.05, 4.69) is 32.4 Å². The molecule has 2 aliphatic heterocycles. The largest absolute Gasteiger partial charge is 0.453 e. The number of fused-ring (bicyclic) bond motifs is 2. The summed E-state index contributed by atoms with van der Waals surface area (Å²) in [7, 11) is 2.57. The van der Waals surface area contributed by atoms with Crippen molar-refractivity contribution in [2.45, 2.75) is 84.5 Å². The number of hydrogen-bond donors (Lipinski definition) is 4. The number of amides is 4. The van der Waals surface area contributed by atoms with E-state index < -0.39 is 29.7 Å². The number of aromatic amines is 2. The fourth-order valence-electron chi connectivity index (χ4n) is 7.17. The van der Waals surface area contributed by atoms with E-state index in [0.717, 1.165) is 58.9 Å². The van der Waals surface area contributed by atoms with Crippen molar-refractivity contribution in [3.63, 3.8) is 0 Å². The van der Waals surface area contributed by atoms with Crippen molar-refractivity contribution in [2.75, 3.05) is 27.3 Å².